The van der Waals surface area contributed by atoms with Gasteiger partial charge in [0.25, 0.3) is 0 Å². The van der Waals surface area contributed by atoms with Crippen LogP contribution < -0.4 is 0 Å². The minimum absolute atomic E-state index is 0.226. The summed E-state index contributed by atoms with van der Waals surface area (Å²) in [6.07, 6.45) is -0.625. The van der Waals surface area contributed by atoms with Crippen LogP contribution in [0.3, 0.4) is 0 Å². The molecule has 1 aliphatic heterocycles. The molecule has 0 bridgehead atoms. The van der Waals surface area contributed by atoms with Gasteiger partial charge < -0.3 is 19.8 Å². The van der Waals surface area contributed by atoms with E-state index in [1.54, 1.807) is 0 Å². The molecule has 70 valence electrons. The quantitative estimate of drug-likeness (QED) is 0.546. The van der Waals surface area contributed by atoms with Gasteiger partial charge in [-0.25, -0.2) is 4.79 Å². The third kappa shape index (κ3) is 1.51. The first kappa shape index (κ1) is 9.28. The van der Waals surface area contributed by atoms with Gasteiger partial charge in [-0.05, 0) is 6.42 Å². The fourth-order valence-electron chi connectivity index (χ4n) is 1.40. The third-order valence-electron chi connectivity index (χ3n) is 2.11. The average molecular weight is 175 g/mol. The number of nitrogens with zero attached hydrogens (tertiary/aromatic N) is 1. The minimum Gasteiger partial charge on any atom is -0.453 e. The summed E-state index contributed by atoms with van der Waals surface area (Å²) in [6, 6.07) is -0.502. The van der Waals surface area contributed by atoms with E-state index in [-0.39, 0.29) is 6.61 Å². The van der Waals surface area contributed by atoms with E-state index < -0.39 is 18.2 Å². The predicted octanol–water partition coefficient (Wildman–Crippen LogP) is -0.820. The molecule has 0 spiro atoms. The molecule has 0 aromatic carbocycles. The van der Waals surface area contributed by atoms with E-state index in [4.69, 9.17) is 5.11 Å². The van der Waals surface area contributed by atoms with Crippen LogP contribution in [0.15, 0.2) is 0 Å². The second-order valence-corrected chi connectivity index (χ2v) is 2.77. The van der Waals surface area contributed by atoms with Gasteiger partial charge in [-0.15, -0.1) is 0 Å². The molecule has 1 amide bonds. The minimum atomic E-state index is -0.630. The second-order valence-electron chi connectivity index (χ2n) is 2.77. The molecule has 0 aromatic heterocycles. The summed E-state index contributed by atoms with van der Waals surface area (Å²) in [7, 11) is 1.28. The molecule has 2 N–H and O–H groups in total. The Kier molecular flexibility index (Phi) is 2.88. The van der Waals surface area contributed by atoms with Crippen molar-refractivity contribution in [1.29, 1.82) is 0 Å². The molecule has 0 aliphatic carbocycles. The van der Waals surface area contributed by atoms with Gasteiger partial charge in [0, 0.05) is 6.54 Å². The molecule has 0 aromatic rings. The standard InChI is InChI=1S/C7H13NO4/c1-12-7(11)8-3-2-6(10)5(8)4-9/h5-6,9-10H,2-4H2,1H3. The van der Waals surface area contributed by atoms with Gasteiger partial charge in [0.1, 0.15) is 0 Å². The molecule has 1 saturated heterocycles. The Bertz CT molecular complexity index is 173. The molecule has 2 unspecified atom stereocenters. The van der Waals surface area contributed by atoms with Gasteiger partial charge in [-0.1, -0.05) is 0 Å². The lowest BCUT2D eigenvalue weighted by Crippen LogP contribution is -2.41. The lowest BCUT2D eigenvalue weighted by atomic mass is 10.2. The van der Waals surface area contributed by atoms with Crippen molar-refractivity contribution in [2.24, 2.45) is 0 Å². The van der Waals surface area contributed by atoms with Crippen LogP contribution in [-0.4, -0.2) is 53.6 Å². The number of amides is 1. The number of hydrogen-bond acceptors (Lipinski definition) is 4. The van der Waals surface area contributed by atoms with Crippen molar-refractivity contribution in [3.05, 3.63) is 0 Å². The number of aliphatic hydroxyl groups excluding tert-OH is 2. The monoisotopic (exact) mass is 175 g/mol. The van der Waals surface area contributed by atoms with Gasteiger partial charge in [-0.2, -0.15) is 0 Å². The molecular weight excluding hydrogens is 162 g/mol. The molecule has 5 nitrogen and oxygen atoms in total. The van der Waals surface area contributed by atoms with Crippen LogP contribution in [0.5, 0.6) is 0 Å². The highest BCUT2D eigenvalue weighted by Crippen LogP contribution is 2.17. The number of carbonyl (C=O) groups excluding carboxylic acids is 1. The molecule has 1 heterocycles. The zero-order chi connectivity index (χ0) is 9.14. The fourth-order valence-corrected chi connectivity index (χ4v) is 1.40. The molecule has 1 aliphatic rings. The van der Waals surface area contributed by atoms with E-state index in [0.29, 0.717) is 13.0 Å². The first-order valence-corrected chi connectivity index (χ1v) is 3.84. The summed E-state index contributed by atoms with van der Waals surface area (Å²) < 4.78 is 4.48. The smallest absolute Gasteiger partial charge is 0.409 e. The van der Waals surface area contributed by atoms with Crippen LogP contribution in [0.1, 0.15) is 6.42 Å². The Morgan fingerprint density at radius 3 is 2.92 bits per heavy atom. The van der Waals surface area contributed by atoms with Crippen molar-refractivity contribution < 1.29 is 19.7 Å². The Balaban J connectivity index is 2.60. The van der Waals surface area contributed by atoms with Crippen molar-refractivity contribution in [2.75, 3.05) is 20.3 Å². The van der Waals surface area contributed by atoms with Crippen LogP contribution in [0.2, 0.25) is 0 Å². The Labute approximate surface area is 70.5 Å². The third-order valence-corrected chi connectivity index (χ3v) is 2.11. The Morgan fingerprint density at radius 1 is 1.75 bits per heavy atom. The summed E-state index contributed by atoms with van der Waals surface area (Å²) >= 11 is 0. The Morgan fingerprint density at radius 2 is 2.42 bits per heavy atom. The molecule has 1 fully saturated rings. The number of ether oxygens (including phenoxy) is 1. The van der Waals surface area contributed by atoms with Gasteiger partial charge in [0.2, 0.25) is 0 Å². The lowest BCUT2D eigenvalue weighted by molar-refractivity contribution is 0.0601. The number of aliphatic hydroxyl groups is 2. The summed E-state index contributed by atoms with van der Waals surface area (Å²) in [4.78, 5) is 12.3. The highest BCUT2D eigenvalue weighted by atomic mass is 16.5. The van der Waals surface area contributed by atoms with Crippen molar-refractivity contribution >= 4 is 6.09 Å². The van der Waals surface area contributed by atoms with Crippen molar-refractivity contribution in [3.63, 3.8) is 0 Å². The van der Waals surface area contributed by atoms with E-state index in [2.05, 4.69) is 4.74 Å². The maximum atomic E-state index is 11.0. The van der Waals surface area contributed by atoms with Crippen LogP contribution in [0, 0.1) is 0 Å². The highest BCUT2D eigenvalue weighted by Gasteiger charge is 2.35. The molecular formula is C7H13NO4. The van der Waals surface area contributed by atoms with E-state index in [0.717, 1.165) is 0 Å². The SMILES string of the molecule is COC(=O)N1CCC(O)C1CO. The number of likely N-dealkylation sites (tertiary alicyclic amines) is 1. The van der Waals surface area contributed by atoms with Crippen molar-refractivity contribution in [1.82, 2.24) is 4.90 Å². The van der Waals surface area contributed by atoms with Gasteiger partial charge in [0.15, 0.2) is 0 Å². The number of methoxy groups -OCH3 is 1. The largest absolute Gasteiger partial charge is 0.453 e. The van der Waals surface area contributed by atoms with Crippen molar-refractivity contribution in [3.8, 4) is 0 Å². The lowest BCUT2D eigenvalue weighted by Gasteiger charge is -2.22. The number of carbonyl (C=O) groups is 1. The summed E-state index contributed by atoms with van der Waals surface area (Å²) in [5, 5.41) is 18.1. The number of hydrogen-bond donors (Lipinski definition) is 2. The highest BCUT2D eigenvalue weighted by molar-refractivity contribution is 5.68. The van der Waals surface area contributed by atoms with E-state index in [1.807, 2.05) is 0 Å². The van der Waals surface area contributed by atoms with Gasteiger partial charge in [0.05, 0.1) is 25.9 Å². The summed E-state index contributed by atoms with van der Waals surface area (Å²) in [5.74, 6) is 0. The average Bonchev–Trinajstić information content (AvgIpc) is 2.45. The van der Waals surface area contributed by atoms with E-state index in [9.17, 15) is 9.90 Å². The maximum absolute atomic E-state index is 11.0. The zero-order valence-electron chi connectivity index (χ0n) is 6.93. The van der Waals surface area contributed by atoms with Crippen LogP contribution in [0.25, 0.3) is 0 Å². The van der Waals surface area contributed by atoms with Gasteiger partial charge in [-0.3, -0.25) is 0 Å². The molecule has 1 rings (SSSR count). The first-order chi connectivity index (χ1) is 5.70. The molecule has 5 heteroatoms. The summed E-state index contributed by atoms with van der Waals surface area (Å²) in [6.45, 7) is 0.218. The van der Waals surface area contributed by atoms with Crippen LogP contribution >= 0.6 is 0 Å². The molecule has 0 saturated carbocycles. The van der Waals surface area contributed by atoms with Crippen LogP contribution in [-0.2, 0) is 4.74 Å². The van der Waals surface area contributed by atoms with E-state index in [1.165, 1.54) is 12.0 Å². The second kappa shape index (κ2) is 3.73. The van der Waals surface area contributed by atoms with Crippen LogP contribution in [0.4, 0.5) is 4.79 Å². The maximum Gasteiger partial charge on any atom is 0.409 e. The first-order valence-electron chi connectivity index (χ1n) is 3.84. The topological polar surface area (TPSA) is 70.0 Å². The zero-order valence-corrected chi connectivity index (χ0v) is 6.93. The van der Waals surface area contributed by atoms with E-state index >= 15 is 0 Å². The summed E-state index contributed by atoms with van der Waals surface area (Å²) in [5.41, 5.74) is 0. The normalized spacial score (nSPS) is 29.1. The predicted molar refractivity (Wildman–Crippen MR) is 40.6 cm³/mol. The van der Waals surface area contributed by atoms with Crippen molar-refractivity contribution in [2.45, 2.75) is 18.6 Å². The molecule has 2 atom stereocenters. The molecule has 12 heavy (non-hydrogen) atoms. The number of rotatable bonds is 1. The fraction of sp³-hybridized carbons (Fsp3) is 0.857. The Hall–Kier alpha value is -0.810. The van der Waals surface area contributed by atoms with Gasteiger partial charge >= 0.3 is 6.09 Å². The molecule has 0 radical (unpaired) electrons.